The number of para-hydroxylation sites is 3. The van der Waals surface area contributed by atoms with Crippen molar-refractivity contribution in [3.8, 4) is 39.1 Å². The number of hydrogen-bond donors (Lipinski definition) is 1. The Morgan fingerprint density at radius 3 is 2.23 bits per heavy atom. The smallest absolute Gasteiger partial charge is 0.157 e. The van der Waals surface area contributed by atoms with E-state index in [1.165, 1.54) is 46.2 Å². The Balaban J connectivity index is 0.917. The summed E-state index contributed by atoms with van der Waals surface area (Å²) in [5.74, 6) is 2.01. The van der Waals surface area contributed by atoms with Crippen molar-refractivity contribution in [1.29, 1.82) is 0 Å². The highest BCUT2D eigenvalue weighted by atomic mass is 16.5. The van der Waals surface area contributed by atoms with Crippen molar-refractivity contribution in [1.82, 2.24) is 0 Å². The van der Waals surface area contributed by atoms with Crippen molar-refractivity contribution in [3.63, 3.8) is 0 Å². The fourth-order valence-corrected chi connectivity index (χ4v) is 10.6. The first kappa shape index (κ1) is 35.7. The van der Waals surface area contributed by atoms with Gasteiger partial charge in [0, 0.05) is 56.0 Å². The summed E-state index contributed by atoms with van der Waals surface area (Å²) in [5.41, 5.74) is 23.9. The fourth-order valence-electron chi connectivity index (χ4n) is 10.6. The number of hydrogen-bond acceptors (Lipinski definition) is 3. The van der Waals surface area contributed by atoms with Gasteiger partial charge in [-0.25, -0.2) is 4.99 Å². The molecule has 1 aliphatic heterocycles. The Bertz CT molecular complexity index is 3180. The van der Waals surface area contributed by atoms with Crippen LogP contribution in [0.1, 0.15) is 65.5 Å². The maximum Gasteiger partial charge on any atom is 0.157 e. The molecule has 1 fully saturated rings. The van der Waals surface area contributed by atoms with E-state index in [1.807, 2.05) is 12.1 Å². The summed E-state index contributed by atoms with van der Waals surface area (Å²) in [5, 5.41) is 2.25. The van der Waals surface area contributed by atoms with Crippen LogP contribution in [-0.4, -0.2) is 17.8 Å². The summed E-state index contributed by atoms with van der Waals surface area (Å²) in [7, 11) is 0. The van der Waals surface area contributed by atoms with Crippen LogP contribution >= 0.6 is 0 Å². The van der Waals surface area contributed by atoms with Crippen molar-refractivity contribution >= 4 is 39.2 Å². The second kappa shape index (κ2) is 14.2. The Kier molecular flexibility index (Phi) is 8.31. The predicted octanol–water partition coefficient (Wildman–Crippen LogP) is 13.2. The molecule has 61 heavy (non-hydrogen) atoms. The molecule has 0 radical (unpaired) electrons. The Morgan fingerprint density at radius 2 is 1.34 bits per heavy atom. The van der Waals surface area contributed by atoms with Crippen LogP contribution in [0.2, 0.25) is 0 Å². The van der Waals surface area contributed by atoms with Crippen molar-refractivity contribution in [2.45, 2.75) is 50.2 Å². The van der Waals surface area contributed by atoms with Gasteiger partial charge in [0.05, 0.1) is 6.54 Å². The van der Waals surface area contributed by atoms with E-state index in [0.717, 1.165) is 85.9 Å². The monoisotopic (exact) mass is 789 g/mol. The second-order valence-electron chi connectivity index (χ2n) is 16.8. The summed E-state index contributed by atoms with van der Waals surface area (Å²) < 4.78 is 12.9. The van der Waals surface area contributed by atoms with Gasteiger partial charge in [-0.05, 0) is 57.9 Å². The van der Waals surface area contributed by atoms with Crippen LogP contribution in [0.25, 0.3) is 60.9 Å². The van der Waals surface area contributed by atoms with E-state index < -0.39 is 0 Å². The molecule has 1 spiro atoms. The molecule has 4 aliphatic rings. The molecule has 1 atom stereocenters. The predicted molar refractivity (Wildman–Crippen MR) is 249 cm³/mol. The normalized spacial score (nSPS) is 17.3. The molecule has 2 heterocycles. The average Bonchev–Trinajstić information content (AvgIpc) is 4.11. The average molecular weight is 790 g/mol. The number of nitrogens with two attached hydrogens (primary N) is 1. The van der Waals surface area contributed by atoms with Crippen molar-refractivity contribution in [2.24, 2.45) is 15.7 Å². The van der Waals surface area contributed by atoms with Crippen molar-refractivity contribution in [3.05, 3.63) is 203 Å². The molecule has 0 saturated heterocycles. The van der Waals surface area contributed by atoms with E-state index in [2.05, 4.69) is 158 Å². The van der Waals surface area contributed by atoms with Crippen LogP contribution in [-0.2, 0) is 12.0 Å². The van der Waals surface area contributed by atoms with Gasteiger partial charge in [0.25, 0.3) is 0 Å². The number of amidine groups is 2. The molecule has 0 amide bonds. The molecule has 7 aromatic carbocycles. The van der Waals surface area contributed by atoms with Crippen LogP contribution in [0, 0.1) is 0 Å². The minimum absolute atomic E-state index is 0.0306. The number of benzene rings is 7. The molecule has 0 bridgehead atoms. The number of aliphatic imine (C=N–C) groups is 2. The summed E-state index contributed by atoms with van der Waals surface area (Å²) in [6, 6.07) is 53.7. The molecule has 2 N–H and O–H groups in total. The standard InChI is InChI=1S/C56H43N3O2/c57-54(38-30-28-37(29-31-38)40-16-10-18-44-42-13-3-6-23-50(42)61-53(40)44)59-55(46-19-11-21-48-51(46)45-14-1-4-20-47(45)56(48)32-7-8-33-56)58-34-35-24-26-36(27-25-35)39-15-9-17-43-41-12-2-5-22-49(41)60-52(39)43/h1-6,9-22,24-31,50H,7-8,23,32-34H2,(H2,57,58,59). The third-order valence-corrected chi connectivity index (χ3v) is 13.5. The number of rotatable bonds is 6. The van der Waals surface area contributed by atoms with Crippen LogP contribution in [0.4, 0.5) is 0 Å². The van der Waals surface area contributed by atoms with E-state index in [9.17, 15) is 0 Å². The molecule has 5 nitrogen and oxygen atoms in total. The Labute approximate surface area is 355 Å². The first-order chi connectivity index (χ1) is 30.1. The maximum atomic E-state index is 6.99. The lowest BCUT2D eigenvalue weighted by molar-refractivity contribution is 0.280. The van der Waals surface area contributed by atoms with Gasteiger partial charge >= 0.3 is 0 Å². The molecule has 1 unspecified atom stereocenters. The van der Waals surface area contributed by atoms with Crippen molar-refractivity contribution < 1.29 is 9.15 Å². The molecule has 1 saturated carbocycles. The lowest BCUT2D eigenvalue weighted by atomic mass is 9.76. The molecule has 8 aromatic rings. The van der Waals surface area contributed by atoms with Gasteiger partial charge in [-0.3, -0.25) is 4.99 Å². The zero-order valence-corrected chi connectivity index (χ0v) is 33.8. The lowest BCUT2D eigenvalue weighted by Gasteiger charge is -2.26. The highest BCUT2D eigenvalue weighted by Gasteiger charge is 2.45. The van der Waals surface area contributed by atoms with Crippen LogP contribution in [0.5, 0.6) is 5.75 Å². The van der Waals surface area contributed by atoms with Gasteiger partial charge < -0.3 is 14.9 Å². The fraction of sp³-hybridized carbons (Fsp3) is 0.143. The lowest BCUT2D eigenvalue weighted by Crippen LogP contribution is -2.20. The first-order valence-corrected chi connectivity index (χ1v) is 21.5. The largest absolute Gasteiger partial charge is 0.484 e. The topological polar surface area (TPSA) is 73.1 Å². The summed E-state index contributed by atoms with van der Waals surface area (Å²) in [6.07, 6.45) is 12.2. The van der Waals surface area contributed by atoms with E-state index in [1.54, 1.807) is 0 Å². The van der Waals surface area contributed by atoms with Crippen molar-refractivity contribution in [2.75, 3.05) is 0 Å². The number of ether oxygens (including phenoxy) is 1. The first-order valence-electron chi connectivity index (χ1n) is 21.5. The summed E-state index contributed by atoms with van der Waals surface area (Å²) in [4.78, 5) is 10.5. The third-order valence-electron chi connectivity index (χ3n) is 13.5. The third kappa shape index (κ3) is 5.75. The van der Waals surface area contributed by atoms with Crippen LogP contribution in [0.15, 0.2) is 184 Å². The minimum atomic E-state index is 0.0306. The van der Waals surface area contributed by atoms with E-state index >= 15 is 0 Å². The molecule has 1 aromatic heterocycles. The second-order valence-corrected chi connectivity index (χ2v) is 16.8. The number of nitrogens with zero attached hydrogens (tertiary/aromatic N) is 2. The van der Waals surface area contributed by atoms with Crippen LogP contribution in [0.3, 0.4) is 0 Å². The van der Waals surface area contributed by atoms with Gasteiger partial charge in [0.2, 0.25) is 0 Å². The van der Waals surface area contributed by atoms with Gasteiger partial charge in [-0.1, -0.05) is 177 Å². The maximum absolute atomic E-state index is 6.99. The zero-order chi connectivity index (χ0) is 40.5. The van der Waals surface area contributed by atoms with E-state index in [0.29, 0.717) is 18.2 Å². The summed E-state index contributed by atoms with van der Waals surface area (Å²) in [6.45, 7) is 0.447. The molecule has 5 heteroatoms. The Hall–Kier alpha value is -7.24. The molecular formula is C56H43N3O2. The highest BCUT2D eigenvalue weighted by Crippen LogP contribution is 2.57. The van der Waals surface area contributed by atoms with E-state index in [4.69, 9.17) is 24.9 Å². The van der Waals surface area contributed by atoms with Crippen LogP contribution < -0.4 is 10.5 Å². The number of allylic oxidation sites excluding steroid dienone is 2. The minimum Gasteiger partial charge on any atom is -0.484 e. The molecule has 294 valence electrons. The Morgan fingerprint density at radius 1 is 0.656 bits per heavy atom. The highest BCUT2D eigenvalue weighted by molar-refractivity contribution is 6.15. The van der Waals surface area contributed by atoms with Gasteiger partial charge in [0.15, 0.2) is 5.84 Å². The summed E-state index contributed by atoms with van der Waals surface area (Å²) >= 11 is 0. The number of furan rings is 1. The van der Waals surface area contributed by atoms with Gasteiger partial charge in [0.1, 0.15) is 28.9 Å². The molecule has 3 aliphatic carbocycles. The van der Waals surface area contributed by atoms with Gasteiger partial charge in [-0.15, -0.1) is 0 Å². The molecule has 12 rings (SSSR count). The number of fused-ring (bicyclic) bond motifs is 11. The zero-order valence-electron chi connectivity index (χ0n) is 33.8. The van der Waals surface area contributed by atoms with E-state index in [-0.39, 0.29) is 11.5 Å². The molecular weight excluding hydrogens is 747 g/mol. The van der Waals surface area contributed by atoms with Gasteiger partial charge in [-0.2, -0.15) is 0 Å². The quantitative estimate of drug-likeness (QED) is 0.135. The SMILES string of the molecule is NC(=NC(=NCc1ccc(-c2cccc3c2oc2ccccc23)cc1)c1cccc2c1-c1ccccc1C21CCCC1)c1ccc(-c2cccc3c2OC2CC=CC=C32)cc1.